The van der Waals surface area contributed by atoms with Gasteiger partial charge in [0, 0.05) is 10.7 Å². The second-order valence-electron chi connectivity index (χ2n) is 3.74. The number of aromatic nitrogens is 1. The molecule has 0 spiro atoms. The standard InChI is InChI=1S/C13H12BrClN2/c1-9(12-4-2-3-7-16-12)17-13-6-5-10(14)8-11(13)15/h2-9,17H,1H3. The summed E-state index contributed by atoms with van der Waals surface area (Å²) in [6, 6.07) is 11.8. The van der Waals surface area contributed by atoms with Crippen molar-refractivity contribution in [2.24, 2.45) is 0 Å². The van der Waals surface area contributed by atoms with Gasteiger partial charge in [-0.2, -0.15) is 0 Å². The molecule has 1 atom stereocenters. The quantitative estimate of drug-likeness (QED) is 0.891. The molecule has 0 radical (unpaired) electrons. The first-order chi connectivity index (χ1) is 8.16. The van der Waals surface area contributed by atoms with Gasteiger partial charge in [0.25, 0.3) is 0 Å². The highest BCUT2D eigenvalue weighted by Crippen LogP contribution is 2.28. The largest absolute Gasteiger partial charge is 0.376 e. The third-order valence-corrected chi connectivity index (χ3v) is 3.24. The number of hydrogen-bond acceptors (Lipinski definition) is 2. The molecule has 17 heavy (non-hydrogen) atoms. The van der Waals surface area contributed by atoms with Crippen molar-refractivity contribution in [1.82, 2.24) is 4.98 Å². The summed E-state index contributed by atoms with van der Waals surface area (Å²) in [6.45, 7) is 2.06. The van der Waals surface area contributed by atoms with Gasteiger partial charge in [-0.25, -0.2) is 0 Å². The SMILES string of the molecule is CC(Nc1ccc(Br)cc1Cl)c1ccccn1. The first-order valence-electron chi connectivity index (χ1n) is 5.29. The average Bonchev–Trinajstić information content (AvgIpc) is 2.34. The number of nitrogens with zero attached hydrogens (tertiary/aromatic N) is 1. The second-order valence-corrected chi connectivity index (χ2v) is 5.07. The van der Waals surface area contributed by atoms with E-state index in [-0.39, 0.29) is 6.04 Å². The molecule has 0 aliphatic heterocycles. The zero-order chi connectivity index (χ0) is 12.3. The molecule has 0 saturated heterocycles. The Balaban J connectivity index is 2.16. The van der Waals surface area contributed by atoms with Crippen LogP contribution in [0.4, 0.5) is 5.69 Å². The van der Waals surface area contributed by atoms with Gasteiger partial charge in [0.15, 0.2) is 0 Å². The first kappa shape index (κ1) is 12.4. The molecule has 1 N–H and O–H groups in total. The fraction of sp³-hybridized carbons (Fsp3) is 0.154. The number of rotatable bonds is 3. The van der Waals surface area contributed by atoms with Crippen LogP contribution in [0, 0.1) is 0 Å². The maximum atomic E-state index is 6.15. The van der Waals surface area contributed by atoms with Gasteiger partial charge in [0.1, 0.15) is 0 Å². The zero-order valence-corrected chi connectivity index (χ0v) is 11.7. The van der Waals surface area contributed by atoms with Crippen molar-refractivity contribution in [1.29, 1.82) is 0 Å². The number of halogens is 2. The summed E-state index contributed by atoms with van der Waals surface area (Å²) in [5, 5.41) is 4.03. The van der Waals surface area contributed by atoms with E-state index in [2.05, 4.69) is 33.2 Å². The number of nitrogens with one attached hydrogen (secondary N) is 1. The van der Waals surface area contributed by atoms with Crippen molar-refractivity contribution >= 4 is 33.2 Å². The van der Waals surface area contributed by atoms with Crippen molar-refractivity contribution in [3.8, 4) is 0 Å². The highest BCUT2D eigenvalue weighted by atomic mass is 79.9. The molecule has 0 fully saturated rings. The summed E-state index contributed by atoms with van der Waals surface area (Å²) >= 11 is 9.53. The molecule has 2 aromatic rings. The monoisotopic (exact) mass is 310 g/mol. The van der Waals surface area contributed by atoms with E-state index in [1.165, 1.54) is 0 Å². The van der Waals surface area contributed by atoms with E-state index in [1.54, 1.807) is 6.20 Å². The van der Waals surface area contributed by atoms with Crippen LogP contribution in [-0.2, 0) is 0 Å². The first-order valence-corrected chi connectivity index (χ1v) is 6.46. The van der Waals surface area contributed by atoms with Crippen molar-refractivity contribution in [3.63, 3.8) is 0 Å². The lowest BCUT2D eigenvalue weighted by Crippen LogP contribution is -2.08. The maximum Gasteiger partial charge on any atom is 0.0657 e. The summed E-state index contributed by atoms with van der Waals surface area (Å²) in [5.74, 6) is 0. The molecule has 2 rings (SSSR count). The zero-order valence-electron chi connectivity index (χ0n) is 9.32. The average molecular weight is 312 g/mol. The van der Waals surface area contributed by atoms with Gasteiger partial charge >= 0.3 is 0 Å². The normalized spacial score (nSPS) is 12.2. The number of pyridine rings is 1. The molecule has 1 unspecified atom stereocenters. The van der Waals surface area contributed by atoms with Crippen LogP contribution in [0.1, 0.15) is 18.7 Å². The number of benzene rings is 1. The van der Waals surface area contributed by atoms with E-state index in [4.69, 9.17) is 11.6 Å². The van der Waals surface area contributed by atoms with Crippen molar-refractivity contribution in [3.05, 3.63) is 57.8 Å². The Morgan fingerprint density at radius 1 is 1.29 bits per heavy atom. The van der Waals surface area contributed by atoms with E-state index < -0.39 is 0 Å². The summed E-state index contributed by atoms with van der Waals surface area (Å²) in [5.41, 5.74) is 1.90. The van der Waals surface area contributed by atoms with Gasteiger partial charge in [0.05, 0.1) is 22.4 Å². The molecule has 0 aliphatic carbocycles. The van der Waals surface area contributed by atoms with Gasteiger partial charge in [-0.3, -0.25) is 4.98 Å². The minimum Gasteiger partial charge on any atom is -0.376 e. The smallest absolute Gasteiger partial charge is 0.0657 e. The molecular weight excluding hydrogens is 300 g/mol. The van der Waals surface area contributed by atoms with Crippen LogP contribution in [0.15, 0.2) is 47.1 Å². The third-order valence-electron chi connectivity index (χ3n) is 2.43. The Morgan fingerprint density at radius 3 is 2.76 bits per heavy atom. The van der Waals surface area contributed by atoms with Crippen LogP contribution < -0.4 is 5.32 Å². The maximum absolute atomic E-state index is 6.15. The highest BCUT2D eigenvalue weighted by Gasteiger charge is 2.08. The lowest BCUT2D eigenvalue weighted by atomic mass is 10.2. The molecule has 0 amide bonds. The van der Waals surface area contributed by atoms with Crippen LogP contribution in [0.5, 0.6) is 0 Å². The topological polar surface area (TPSA) is 24.9 Å². The Morgan fingerprint density at radius 2 is 2.12 bits per heavy atom. The van der Waals surface area contributed by atoms with Crippen LogP contribution >= 0.6 is 27.5 Å². The van der Waals surface area contributed by atoms with Gasteiger partial charge < -0.3 is 5.32 Å². The van der Waals surface area contributed by atoms with Gasteiger partial charge in [-0.15, -0.1) is 0 Å². The lowest BCUT2D eigenvalue weighted by molar-refractivity contribution is 0.839. The van der Waals surface area contributed by atoms with E-state index in [0.29, 0.717) is 5.02 Å². The van der Waals surface area contributed by atoms with Crippen molar-refractivity contribution in [2.45, 2.75) is 13.0 Å². The molecule has 1 heterocycles. The van der Waals surface area contributed by atoms with Crippen LogP contribution in [0.3, 0.4) is 0 Å². The molecule has 0 bridgehead atoms. The lowest BCUT2D eigenvalue weighted by Gasteiger charge is -2.15. The fourth-order valence-corrected chi connectivity index (χ4v) is 2.27. The molecule has 0 aliphatic rings. The number of anilines is 1. The summed E-state index contributed by atoms with van der Waals surface area (Å²) in [7, 11) is 0. The fourth-order valence-electron chi connectivity index (χ4n) is 1.55. The summed E-state index contributed by atoms with van der Waals surface area (Å²) in [4.78, 5) is 4.31. The van der Waals surface area contributed by atoms with E-state index in [1.807, 2.05) is 36.4 Å². The van der Waals surface area contributed by atoms with Crippen LogP contribution in [-0.4, -0.2) is 4.98 Å². The predicted octanol–water partition coefficient (Wildman–Crippen LogP) is 4.67. The molecule has 1 aromatic heterocycles. The minimum absolute atomic E-state index is 0.120. The Labute approximate surface area is 114 Å². The molecule has 0 saturated carbocycles. The highest BCUT2D eigenvalue weighted by molar-refractivity contribution is 9.10. The van der Waals surface area contributed by atoms with E-state index in [9.17, 15) is 0 Å². The van der Waals surface area contributed by atoms with Crippen molar-refractivity contribution < 1.29 is 0 Å². The van der Waals surface area contributed by atoms with Gasteiger partial charge in [0.2, 0.25) is 0 Å². The van der Waals surface area contributed by atoms with Gasteiger partial charge in [-0.05, 0) is 37.3 Å². The minimum atomic E-state index is 0.120. The van der Waals surface area contributed by atoms with Gasteiger partial charge in [-0.1, -0.05) is 33.6 Å². The van der Waals surface area contributed by atoms with Crippen molar-refractivity contribution in [2.75, 3.05) is 5.32 Å². The molecule has 4 heteroatoms. The molecule has 2 nitrogen and oxygen atoms in total. The number of hydrogen-bond donors (Lipinski definition) is 1. The Hall–Kier alpha value is -1.06. The summed E-state index contributed by atoms with van der Waals surface area (Å²) in [6.07, 6.45) is 1.79. The van der Waals surface area contributed by atoms with Crippen LogP contribution in [0.2, 0.25) is 5.02 Å². The third kappa shape index (κ3) is 3.20. The van der Waals surface area contributed by atoms with E-state index in [0.717, 1.165) is 15.9 Å². The molecule has 1 aromatic carbocycles. The predicted molar refractivity (Wildman–Crippen MR) is 75.4 cm³/mol. The molecule has 88 valence electrons. The molecular formula is C13H12BrClN2. The second kappa shape index (κ2) is 5.52. The Bertz CT molecular complexity index is 502. The summed E-state index contributed by atoms with van der Waals surface area (Å²) < 4.78 is 0.971. The Kier molecular flexibility index (Phi) is 4.02. The van der Waals surface area contributed by atoms with E-state index >= 15 is 0 Å². The van der Waals surface area contributed by atoms with Crippen LogP contribution in [0.25, 0.3) is 0 Å².